The van der Waals surface area contributed by atoms with Crippen LogP contribution in [0.5, 0.6) is 5.75 Å². The summed E-state index contributed by atoms with van der Waals surface area (Å²) in [6, 6.07) is 13.5. The number of nitrogens with one attached hydrogen (secondary N) is 1. The number of pyridine rings is 1. The normalized spacial score (nSPS) is 18.7. The smallest absolute Gasteiger partial charge is 0.271 e. The molecule has 0 aliphatic carbocycles. The van der Waals surface area contributed by atoms with Crippen molar-refractivity contribution in [2.45, 2.75) is 30.8 Å². The summed E-state index contributed by atoms with van der Waals surface area (Å²) in [5.41, 5.74) is 1.75. The Labute approximate surface area is 187 Å². The molecule has 2 heterocycles. The number of hydrogen-bond donors (Lipinski definition) is 1. The van der Waals surface area contributed by atoms with Crippen molar-refractivity contribution in [3.63, 3.8) is 0 Å². The number of fused-ring (bicyclic) bond motifs is 1. The molecular formula is C24H24N2O5S. The minimum Gasteiger partial charge on any atom is -0.496 e. The number of benzene rings is 2. The lowest BCUT2D eigenvalue weighted by Gasteiger charge is -2.29. The van der Waals surface area contributed by atoms with Crippen LogP contribution in [0, 0.1) is 13.8 Å². The minimum atomic E-state index is -4.22. The molecule has 1 amide bonds. The highest BCUT2D eigenvalue weighted by Crippen LogP contribution is 2.43. The van der Waals surface area contributed by atoms with Crippen LogP contribution < -0.4 is 9.46 Å². The molecule has 1 aliphatic heterocycles. The zero-order valence-corrected chi connectivity index (χ0v) is 19.0. The Morgan fingerprint density at radius 2 is 1.97 bits per heavy atom. The summed E-state index contributed by atoms with van der Waals surface area (Å²) in [7, 11) is -2.73. The Bertz CT molecular complexity index is 1350. The van der Waals surface area contributed by atoms with E-state index in [1.54, 1.807) is 36.4 Å². The third kappa shape index (κ3) is 3.76. The number of hydrogen-bond acceptors (Lipinski definition) is 6. The lowest BCUT2D eigenvalue weighted by Crippen LogP contribution is -2.46. The molecular weight excluding hydrogens is 428 g/mol. The largest absolute Gasteiger partial charge is 0.496 e. The highest BCUT2D eigenvalue weighted by Gasteiger charge is 2.49. The number of carbonyl (C=O) groups is 1. The van der Waals surface area contributed by atoms with Crippen LogP contribution in [0.2, 0.25) is 0 Å². The van der Waals surface area contributed by atoms with Crippen LogP contribution in [0.1, 0.15) is 23.2 Å². The van der Waals surface area contributed by atoms with E-state index in [1.165, 1.54) is 13.2 Å². The van der Waals surface area contributed by atoms with Crippen molar-refractivity contribution < 1.29 is 22.7 Å². The number of carbonyl (C=O) groups excluding carboxylic acids is 1. The van der Waals surface area contributed by atoms with Crippen LogP contribution >= 0.6 is 0 Å². The number of methoxy groups -OCH3 is 1. The van der Waals surface area contributed by atoms with Crippen LogP contribution in [-0.2, 0) is 25.2 Å². The maximum Gasteiger partial charge on any atom is 0.271 e. The number of aromatic nitrogens is 1. The molecule has 0 spiro atoms. The van der Waals surface area contributed by atoms with Gasteiger partial charge >= 0.3 is 0 Å². The Morgan fingerprint density at radius 3 is 2.66 bits per heavy atom. The molecule has 1 saturated heterocycles. The van der Waals surface area contributed by atoms with Crippen molar-refractivity contribution in [3.8, 4) is 5.75 Å². The van der Waals surface area contributed by atoms with Crippen LogP contribution in [0.3, 0.4) is 0 Å². The summed E-state index contributed by atoms with van der Waals surface area (Å²) in [6.07, 6.45) is 0.143. The Morgan fingerprint density at radius 1 is 1.19 bits per heavy atom. The van der Waals surface area contributed by atoms with Gasteiger partial charge in [-0.25, -0.2) is 13.1 Å². The molecule has 8 heteroatoms. The number of aryl methyl sites for hydroxylation is 2. The molecule has 3 aromatic rings. The molecule has 1 fully saturated rings. The van der Waals surface area contributed by atoms with Crippen LogP contribution in [-0.4, -0.2) is 33.0 Å². The van der Waals surface area contributed by atoms with Gasteiger partial charge in [0.15, 0.2) is 5.60 Å². The number of ether oxygens (including phenoxy) is 2. The predicted octanol–water partition coefficient (Wildman–Crippen LogP) is 3.54. The van der Waals surface area contributed by atoms with E-state index in [9.17, 15) is 13.2 Å². The second-order valence-electron chi connectivity index (χ2n) is 7.96. The molecule has 1 atom stereocenters. The van der Waals surface area contributed by atoms with E-state index >= 15 is 0 Å². The van der Waals surface area contributed by atoms with Crippen LogP contribution in [0.4, 0.5) is 0 Å². The van der Waals surface area contributed by atoms with Gasteiger partial charge in [-0.2, -0.15) is 0 Å². The van der Waals surface area contributed by atoms with Gasteiger partial charge in [0.1, 0.15) is 5.75 Å². The molecule has 4 rings (SSSR count). The second-order valence-corrected chi connectivity index (χ2v) is 9.61. The van der Waals surface area contributed by atoms with Gasteiger partial charge in [-0.05, 0) is 55.8 Å². The van der Waals surface area contributed by atoms with Crippen molar-refractivity contribution in [1.82, 2.24) is 9.71 Å². The molecule has 7 nitrogen and oxygen atoms in total. The molecule has 1 aromatic heterocycles. The molecule has 0 unspecified atom stereocenters. The highest BCUT2D eigenvalue weighted by atomic mass is 32.2. The number of nitrogens with zero attached hydrogens (tertiary/aromatic N) is 1. The molecule has 0 saturated carbocycles. The quantitative estimate of drug-likeness (QED) is 0.595. The van der Waals surface area contributed by atoms with Crippen molar-refractivity contribution in [3.05, 3.63) is 77.5 Å². The predicted molar refractivity (Wildman–Crippen MR) is 121 cm³/mol. The van der Waals surface area contributed by atoms with Gasteiger partial charge in [0, 0.05) is 23.1 Å². The fourth-order valence-corrected chi connectivity index (χ4v) is 5.22. The fraction of sp³-hybridized carbons (Fsp3) is 0.250. The van der Waals surface area contributed by atoms with E-state index in [-0.39, 0.29) is 17.9 Å². The van der Waals surface area contributed by atoms with E-state index in [2.05, 4.69) is 16.3 Å². The summed E-state index contributed by atoms with van der Waals surface area (Å²) < 4.78 is 40.2. The van der Waals surface area contributed by atoms with E-state index in [4.69, 9.17) is 9.47 Å². The second kappa shape index (κ2) is 8.03. The Balaban J connectivity index is 1.79. The van der Waals surface area contributed by atoms with E-state index in [0.29, 0.717) is 27.8 Å². The van der Waals surface area contributed by atoms with Crippen molar-refractivity contribution in [2.24, 2.45) is 0 Å². The molecule has 0 bridgehead atoms. The van der Waals surface area contributed by atoms with E-state index in [1.807, 2.05) is 19.9 Å². The van der Waals surface area contributed by atoms with Gasteiger partial charge < -0.3 is 9.47 Å². The summed E-state index contributed by atoms with van der Waals surface area (Å²) in [5.74, 6) is -0.361. The first-order valence-electron chi connectivity index (χ1n) is 10.1. The third-order valence-electron chi connectivity index (χ3n) is 5.53. The zero-order chi connectivity index (χ0) is 23.1. The highest BCUT2D eigenvalue weighted by molar-refractivity contribution is 7.90. The summed E-state index contributed by atoms with van der Waals surface area (Å²) in [4.78, 5) is 17.9. The third-order valence-corrected chi connectivity index (χ3v) is 6.92. The van der Waals surface area contributed by atoms with Gasteiger partial charge in [-0.1, -0.05) is 24.3 Å². The molecule has 32 heavy (non-hydrogen) atoms. The van der Waals surface area contributed by atoms with Gasteiger partial charge in [0.2, 0.25) is 0 Å². The SMILES string of the molecule is C=C1CO[C@@](C(=O)NS(=O)(=O)c2cccc3nc(C)ccc23)(c2cc(C)ccc2OC)C1. The number of amides is 1. The molecule has 1 N–H and O–H groups in total. The van der Waals surface area contributed by atoms with Gasteiger partial charge in [-0.3, -0.25) is 9.78 Å². The number of sulfonamides is 1. The monoisotopic (exact) mass is 452 g/mol. The topological polar surface area (TPSA) is 94.6 Å². The first-order chi connectivity index (χ1) is 15.2. The maximum absolute atomic E-state index is 13.5. The van der Waals surface area contributed by atoms with E-state index < -0.39 is 21.5 Å². The lowest BCUT2D eigenvalue weighted by molar-refractivity contribution is -0.140. The van der Waals surface area contributed by atoms with E-state index in [0.717, 1.165) is 11.3 Å². The van der Waals surface area contributed by atoms with Crippen molar-refractivity contribution in [2.75, 3.05) is 13.7 Å². The minimum absolute atomic E-state index is 0.0287. The van der Waals surface area contributed by atoms with Crippen LogP contribution in [0.15, 0.2) is 65.6 Å². The molecule has 2 aromatic carbocycles. The molecule has 166 valence electrons. The molecule has 1 aliphatic rings. The standard InChI is InChI=1S/C24H24N2O5S/c1-15-8-11-21(30-4)19(12-15)24(13-16(2)14-31-24)23(27)26-32(28,29)22-7-5-6-20-18(22)10-9-17(3)25-20/h5-12H,2,13-14H2,1,3-4H3,(H,26,27)/t24-/m1/s1. The van der Waals surface area contributed by atoms with Crippen molar-refractivity contribution in [1.29, 1.82) is 0 Å². The van der Waals surface area contributed by atoms with Crippen molar-refractivity contribution >= 4 is 26.8 Å². The number of rotatable bonds is 5. The Hall–Kier alpha value is -3.23. The Kier molecular flexibility index (Phi) is 5.52. The van der Waals surface area contributed by atoms with Gasteiger partial charge in [0.05, 0.1) is 24.1 Å². The molecule has 0 radical (unpaired) electrons. The maximum atomic E-state index is 13.5. The zero-order valence-electron chi connectivity index (χ0n) is 18.1. The average Bonchev–Trinajstić information content (AvgIpc) is 3.15. The average molecular weight is 453 g/mol. The first-order valence-corrected chi connectivity index (χ1v) is 11.5. The summed E-state index contributed by atoms with van der Waals surface area (Å²) in [6.45, 7) is 7.78. The van der Waals surface area contributed by atoms with Gasteiger partial charge in [0.25, 0.3) is 15.9 Å². The fourth-order valence-electron chi connectivity index (χ4n) is 3.98. The van der Waals surface area contributed by atoms with Crippen LogP contribution in [0.25, 0.3) is 10.9 Å². The van der Waals surface area contributed by atoms with Gasteiger partial charge in [-0.15, -0.1) is 0 Å². The summed E-state index contributed by atoms with van der Waals surface area (Å²) >= 11 is 0. The first kappa shape index (κ1) is 22.0. The lowest BCUT2D eigenvalue weighted by atomic mass is 9.87. The summed E-state index contributed by atoms with van der Waals surface area (Å²) in [5, 5.41) is 0.428.